The smallest absolute Gasteiger partial charge is 0.254 e. The Kier molecular flexibility index (Phi) is 6.31. The molecule has 2 aromatic rings. The Morgan fingerprint density at radius 3 is 2.79 bits per heavy atom. The number of aliphatic imine (C=N–C) groups is 1. The number of nitrogens with one attached hydrogen (secondary N) is 1. The highest BCUT2D eigenvalue weighted by Crippen LogP contribution is 2.34. The number of carbonyl (C=O) groups excluding carboxylic acids is 1. The van der Waals surface area contributed by atoms with E-state index >= 15 is 0 Å². The molecular weight excluding hydrogens is 418 g/mol. The number of morpholine rings is 1. The Labute approximate surface area is 193 Å². The van der Waals surface area contributed by atoms with Crippen LogP contribution in [0.2, 0.25) is 0 Å². The number of hydrogen-bond acceptors (Lipinski definition) is 8. The van der Waals surface area contributed by atoms with E-state index in [1.165, 1.54) is 6.20 Å². The van der Waals surface area contributed by atoms with E-state index in [0.29, 0.717) is 44.0 Å². The molecule has 2 aliphatic heterocycles. The maximum atomic E-state index is 13.4. The van der Waals surface area contributed by atoms with Gasteiger partial charge < -0.3 is 10.1 Å². The van der Waals surface area contributed by atoms with Crippen LogP contribution in [0.1, 0.15) is 48.8 Å². The summed E-state index contributed by atoms with van der Waals surface area (Å²) in [6, 6.07) is 7.72. The van der Waals surface area contributed by atoms with Gasteiger partial charge in [0, 0.05) is 43.8 Å². The molecule has 2 aromatic heterocycles. The number of ether oxygens (including phenoxy) is 1. The third-order valence-corrected chi connectivity index (χ3v) is 6.11. The van der Waals surface area contributed by atoms with E-state index < -0.39 is 11.1 Å². The maximum absolute atomic E-state index is 13.4. The first kappa shape index (κ1) is 22.7. The second kappa shape index (κ2) is 9.17. The van der Waals surface area contributed by atoms with E-state index in [2.05, 4.69) is 31.5 Å². The van der Waals surface area contributed by atoms with Crippen LogP contribution in [0.15, 0.2) is 47.5 Å². The molecule has 9 nitrogen and oxygen atoms in total. The third-order valence-electron chi connectivity index (χ3n) is 6.11. The summed E-state index contributed by atoms with van der Waals surface area (Å²) in [5.41, 5.74) is 1.99. The minimum atomic E-state index is -0.856. The number of allylic oxidation sites excluding steroid dienone is 1. The van der Waals surface area contributed by atoms with E-state index in [4.69, 9.17) is 9.73 Å². The van der Waals surface area contributed by atoms with Gasteiger partial charge in [-0.1, -0.05) is 6.07 Å². The fraction of sp³-hybridized carbons (Fsp3) is 0.417. The summed E-state index contributed by atoms with van der Waals surface area (Å²) >= 11 is 0. The molecular formula is C24H27N7O2. The lowest BCUT2D eigenvalue weighted by atomic mass is 9.89. The molecule has 0 bridgehead atoms. The van der Waals surface area contributed by atoms with E-state index in [0.717, 1.165) is 16.8 Å². The van der Waals surface area contributed by atoms with Crippen molar-refractivity contribution in [2.75, 3.05) is 26.3 Å². The van der Waals surface area contributed by atoms with Crippen LogP contribution in [0.3, 0.4) is 0 Å². The topological polar surface area (TPSA) is 116 Å². The Morgan fingerprint density at radius 2 is 2.09 bits per heavy atom. The lowest BCUT2D eigenvalue weighted by Crippen LogP contribution is -2.65. The first-order valence-electron chi connectivity index (χ1n) is 10.9. The predicted octanol–water partition coefficient (Wildman–Crippen LogP) is 2.34. The fourth-order valence-corrected chi connectivity index (χ4v) is 4.01. The van der Waals surface area contributed by atoms with Crippen molar-refractivity contribution in [2.45, 2.75) is 38.3 Å². The van der Waals surface area contributed by atoms with Crippen LogP contribution in [-0.4, -0.2) is 64.2 Å². The molecule has 1 amide bonds. The SMILES string of the molecule is CC1=C(c2cccnc2)CC(NC(=O)c2cnnc(C(C)(C)C#N)c2)(N2CCOCC2)C=N1. The van der Waals surface area contributed by atoms with Gasteiger partial charge in [0.25, 0.3) is 5.91 Å². The lowest BCUT2D eigenvalue weighted by molar-refractivity contribution is -0.00621. The number of rotatable bonds is 5. The number of nitriles is 1. The molecule has 1 unspecified atom stereocenters. The van der Waals surface area contributed by atoms with Crippen molar-refractivity contribution in [3.8, 4) is 6.07 Å². The van der Waals surface area contributed by atoms with Gasteiger partial charge in [0.1, 0.15) is 5.66 Å². The summed E-state index contributed by atoms with van der Waals surface area (Å²) in [6.07, 6.45) is 7.32. The summed E-state index contributed by atoms with van der Waals surface area (Å²) in [7, 11) is 0. The quantitative estimate of drug-likeness (QED) is 0.751. The zero-order valence-electron chi connectivity index (χ0n) is 19.1. The van der Waals surface area contributed by atoms with Crippen LogP contribution < -0.4 is 5.32 Å². The normalized spacial score (nSPS) is 21.5. The maximum Gasteiger partial charge on any atom is 0.254 e. The van der Waals surface area contributed by atoms with Crippen LogP contribution in [0.4, 0.5) is 0 Å². The summed E-state index contributed by atoms with van der Waals surface area (Å²) < 4.78 is 5.55. The Bertz CT molecular complexity index is 1130. The van der Waals surface area contributed by atoms with E-state index in [9.17, 15) is 10.1 Å². The zero-order chi connectivity index (χ0) is 23.5. The molecule has 0 radical (unpaired) electrons. The van der Waals surface area contributed by atoms with Gasteiger partial charge in [-0.2, -0.15) is 15.5 Å². The number of nitrogens with zero attached hydrogens (tertiary/aromatic N) is 6. The number of aromatic nitrogens is 3. The molecule has 4 rings (SSSR count). The molecule has 33 heavy (non-hydrogen) atoms. The van der Waals surface area contributed by atoms with Gasteiger partial charge >= 0.3 is 0 Å². The van der Waals surface area contributed by atoms with Gasteiger partial charge in [-0.05, 0) is 44.0 Å². The predicted molar refractivity (Wildman–Crippen MR) is 123 cm³/mol. The number of pyridine rings is 1. The summed E-state index contributed by atoms with van der Waals surface area (Å²) in [6.45, 7) is 7.93. The third kappa shape index (κ3) is 4.67. The average molecular weight is 446 g/mol. The summed E-state index contributed by atoms with van der Waals surface area (Å²) in [5.74, 6) is -0.303. The molecule has 2 aliphatic rings. The van der Waals surface area contributed by atoms with Crippen LogP contribution >= 0.6 is 0 Å². The molecule has 1 fully saturated rings. The summed E-state index contributed by atoms with van der Waals surface area (Å²) in [5, 5.41) is 20.7. The van der Waals surface area contributed by atoms with Gasteiger partial charge in [0.05, 0.1) is 42.2 Å². The van der Waals surface area contributed by atoms with Crippen LogP contribution in [0.5, 0.6) is 0 Å². The lowest BCUT2D eigenvalue weighted by Gasteiger charge is -2.45. The summed E-state index contributed by atoms with van der Waals surface area (Å²) in [4.78, 5) is 24.6. The standard InChI is InChI=1S/C24H27N7O2/c1-17-20(18-5-4-6-26-13-18)12-24(16-27-17,31-7-9-33-10-8-31)29-22(32)19-11-21(30-28-14-19)23(2,3)15-25/h4-6,11,13-14,16H,7-10,12H2,1-3H3,(H,29,32). The molecule has 1 saturated heterocycles. The van der Waals surface area contributed by atoms with Crippen molar-refractivity contribution < 1.29 is 9.53 Å². The highest BCUT2D eigenvalue weighted by molar-refractivity contribution is 5.97. The van der Waals surface area contributed by atoms with Crippen LogP contribution in [0, 0.1) is 11.3 Å². The van der Waals surface area contributed by atoms with Gasteiger partial charge in [0.15, 0.2) is 0 Å². The van der Waals surface area contributed by atoms with Gasteiger partial charge in [-0.15, -0.1) is 0 Å². The van der Waals surface area contributed by atoms with Gasteiger partial charge in [0.2, 0.25) is 0 Å². The van der Waals surface area contributed by atoms with Crippen LogP contribution in [0.25, 0.3) is 5.57 Å². The van der Waals surface area contributed by atoms with Gasteiger partial charge in [-0.25, -0.2) is 0 Å². The first-order chi connectivity index (χ1) is 15.8. The molecule has 9 heteroatoms. The van der Waals surface area contributed by atoms with Crippen molar-refractivity contribution in [1.29, 1.82) is 5.26 Å². The van der Waals surface area contributed by atoms with Crippen molar-refractivity contribution in [1.82, 2.24) is 25.4 Å². The van der Waals surface area contributed by atoms with Crippen molar-refractivity contribution in [3.63, 3.8) is 0 Å². The molecule has 1 N–H and O–H groups in total. The highest BCUT2D eigenvalue weighted by atomic mass is 16.5. The number of amides is 1. The van der Waals surface area contributed by atoms with Crippen molar-refractivity contribution in [3.05, 3.63) is 59.3 Å². The van der Waals surface area contributed by atoms with E-state index in [-0.39, 0.29) is 5.91 Å². The zero-order valence-corrected chi connectivity index (χ0v) is 19.1. The second-order valence-electron chi connectivity index (χ2n) is 8.78. The highest BCUT2D eigenvalue weighted by Gasteiger charge is 2.41. The van der Waals surface area contributed by atoms with E-state index in [1.807, 2.05) is 31.5 Å². The largest absolute Gasteiger partial charge is 0.379 e. The fourth-order valence-electron chi connectivity index (χ4n) is 4.01. The molecule has 0 saturated carbocycles. The number of hydrogen-bond donors (Lipinski definition) is 1. The monoisotopic (exact) mass is 445 g/mol. The number of carbonyl (C=O) groups is 1. The minimum Gasteiger partial charge on any atom is -0.379 e. The minimum absolute atomic E-state index is 0.303. The molecule has 4 heterocycles. The molecule has 1 atom stereocenters. The Hall–Kier alpha value is -3.48. The second-order valence-corrected chi connectivity index (χ2v) is 8.78. The first-order valence-corrected chi connectivity index (χ1v) is 10.9. The Morgan fingerprint density at radius 1 is 1.30 bits per heavy atom. The molecule has 0 aromatic carbocycles. The molecule has 0 aliphatic carbocycles. The molecule has 170 valence electrons. The van der Waals surface area contributed by atoms with Crippen LogP contribution in [-0.2, 0) is 10.2 Å². The van der Waals surface area contributed by atoms with Gasteiger partial charge in [-0.3, -0.25) is 19.7 Å². The Balaban J connectivity index is 1.68. The molecule has 0 spiro atoms. The van der Waals surface area contributed by atoms with Crippen molar-refractivity contribution >= 4 is 17.7 Å². The van der Waals surface area contributed by atoms with E-state index in [1.54, 1.807) is 26.1 Å². The average Bonchev–Trinajstić information content (AvgIpc) is 2.86. The van der Waals surface area contributed by atoms with Crippen molar-refractivity contribution in [2.24, 2.45) is 4.99 Å².